The van der Waals surface area contributed by atoms with Gasteiger partial charge in [-0.1, -0.05) is 30.3 Å². The van der Waals surface area contributed by atoms with Crippen molar-refractivity contribution >= 4 is 23.2 Å². The molecule has 3 rings (SSSR count). The molecule has 0 radical (unpaired) electrons. The van der Waals surface area contributed by atoms with Gasteiger partial charge in [0.25, 0.3) is 17.5 Å². The molecule has 0 atom stereocenters. The lowest BCUT2D eigenvalue weighted by Crippen LogP contribution is -2.25. The molecule has 0 bridgehead atoms. The number of carbonyl (C=O) groups excluding carboxylic acids is 2. The van der Waals surface area contributed by atoms with Crippen molar-refractivity contribution in [2.45, 2.75) is 6.42 Å². The molecule has 0 aromatic heterocycles. The molecule has 3 aromatic rings. The van der Waals surface area contributed by atoms with Gasteiger partial charge < -0.3 is 20.1 Å². The summed E-state index contributed by atoms with van der Waals surface area (Å²) < 4.78 is 10.4. The number of nitro groups is 1. The van der Waals surface area contributed by atoms with Crippen molar-refractivity contribution in [3.8, 4) is 11.5 Å². The number of anilines is 1. The zero-order chi connectivity index (χ0) is 23.6. The second-order valence-corrected chi connectivity index (χ2v) is 6.99. The predicted molar refractivity (Wildman–Crippen MR) is 123 cm³/mol. The number of hydrogen-bond donors (Lipinski definition) is 2. The van der Waals surface area contributed by atoms with Gasteiger partial charge in [0.2, 0.25) is 0 Å². The highest BCUT2D eigenvalue weighted by Crippen LogP contribution is 2.28. The molecule has 9 heteroatoms. The van der Waals surface area contributed by atoms with E-state index >= 15 is 0 Å². The summed E-state index contributed by atoms with van der Waals surface area (Å²) in [5.41, 5.74) is 1.36. The maximum Gasteiger partial charge on any atom is 0.296 e. The highest BCUT2D eigenvalue weighted by Gasteiger charge is 2.17. The minimum Gasteiger partial charge on any atom is -0.496 e. The van der Waals surface area contributed by atoms with E-state index in [1.54, 1.807) is 24.3 Å². The number of ether oxygens (including phenoxy) is 2. The molecule has 33 heavy (non-hydrogen) atoms. The Morgan fingerprint density at radius 2 is 1.67 bits per heavy atom. The van der Waals surface area contributed by atoms with Crippen LogP contribution in [0.5, 0.6) is 11.5 Å². The van der Waals surface area contributed by atoms with Gasteiger partial charge in [-0.15, -0.1) is 0 Å². The maximum atomic E-state index is 12.3. The van der Waals surface area contributed by atoms with E-state index in [0.717, 1.165) is 12.0 Å². The van der Waals surface area contributed by atoms with E-state index in [0.29, 0.717) is 23.6 Å². The molecule has 0 spiro atoms. The second-order valence-electron chi connectivity index (χ2n) is 6.99. The van der Waals surface area contributed by atoms with E-state index in [-0.39, 0.29) is 23.9 Å². The van der Waals surface area contributed by atoms with Gasteiger partial charge in [0.1, 0.15) is 17.2 Å². The molecule has 0 aliphatic rings. The minimum atomic E-state index is -0.609. The number of hydrogen-bond acceptors (Lipinski definition) is 6. The molecule has 0 fully saturated rings. The number of nitrogens with one attached hydrogen (secondary N) is 2. The normalized spacial score (nSPS) is 10.2. The fourth-order valence-corrected chi connectivity index (χ4v) is 3.00. The smallest absolute Gasteiger partial charge is 0.296 e. The van der Waals surface area contributed by atoms with Gasteiger partial charge in [0.05, 0.1) is 18.1 Å². The highest BCUT2D eigenvalue weighted by molar-refractivity contribution is 5.95. The SMILES string of the molecule is COc1ccc(NC(=O)COc2ccc(C(=O)NCCc3ccccc3)cc2)c([N+](=O)[O-])c1. The minimum absolute atomic E-state index is 0.0388. The van der Waals surface area contributed by atoms with Gasteiger partial charge >= 0.3 is 0 Å². The van der Waals surface area contributed by atoms with Crippen LogP contribution < -0.4 is 20.1 Å². The summed E-state index contributed by atoms with van der Waals surface area (Å²) >= 11 is 0. The second kappa shape index (κ2) is 11.3. The fourth-order valence-electron chi connectivity index (χ4n) is 3.00. The molecule has 9 nitrogen and oxygen atoms in total. The summed E-state index contributed by atoms with van der Waals surface area (Å²) in [6, 6.07) is 20.3. The molecular weight excluding hydrogens is 426 g/mol. The maximum absolute atomic E-state index is 12.3. The molecule has 0 heterocycles. The number of nitrogens with zero attached hydrogens (tertiary/aromatic N) is 1. The van der Waals surface area contributed by atoms with Crippen LogP contribution >= 0.6 is 0 Å². The van der Waals surface area contributed by atoms with Crippen LogP contribution in [0.1, 0.15) is 15.9 Å². The van der Waals surface area contributed by atoms with Crippen molar-refractivity contribution in [1.29, 1.82) is 0 Å². The van der Waals surface area contributed by atoms with Crippen LogP contribution in [0.15, 0.2) is 72.8 Å². The Kier molecular flexibility index (Phi) is 7.96. The molecule has 0 saturated carbocycles. The first-order valence-electron chi connectivity index (χ1n) is 10.1. The van der Waals surface area contributed by atoms with Crippen LogP contribution in [0.3, 0.4) is 0 Å². The fraction of sp³-hybridized carbons (Fsp3) is 0.167. The number of carbonyl (C=O) groups is 2. The van der Waals surface area contributed by atoms with Gasteiger partial charge in [0, 0.05) is 12.1 Å². The average molecular weight is 449 g/mol. The Morgan fingerprint density at radius 3 is 2.33 bits per heavy atom. The highest BCUT2D eigenvalue weighted by atomic mass is 16.6. The molecule has 0 saturated heterocycles. The predicted octanol–water partition coefficient (Wildman–Crippen LogP) is 3.59. The number of benzene rings is 3. The zero-order valence-electron chi connectivity index (χ0n) is 17.9. The van der Waals surface area contributed by atoms with Gasteiger partial charge in [-0.3, -0.25) is 19.7 Å². The van der Waals surface area contributed by atoms with E-state index in [4.69, 9.17) is 9.47 Å². The van der Waals surface area contributed by atoms with Crippen LogP contribution in [0.4, 0.5) is 11.4 Å². The molecule has 0 aliphatic carbocycles. The topological polar surface area (TPSA) is 120 Å². The number of nitro benzene ring substituents is 1. The summed E-state index contributed by atoms with van der Waals surface area (Å²) in [6.07, 6.45) is 0.731. The third-order valence-electron chi connectivity index (χ3n) is 4.70. The Labute approximate surface area is 190 Å². The van der Waals surface area contributed by atoms with Crippen LogP contribution in [0.25, 0.3) is 0 Å². The number of rotatable bonds is 10. The van der Waals surface area contributed by atoms with Crippen LogP contribution in [0.2, 0.25) is 0 Å². The molecular formula is C24H23N3O6. The molecule has 2 amide bonds. The van der Waals surface area contributed by atoms with Crippen molar-refractivity contribution in [3.63, 3.8) is 0 Å². The van der Waals surface area contributed by atoms with Crippen LogP contribution in [-0.4, -0.2) is 37.0 Å². The Balaban J connectivity index is 1.48. The van der Waals surface area contributed by atoms with Crippen molar-refractivity contribution < 1.29 is 24.0 Å². The van der Waals surface area contributed by atoms with E-state index < -0.39 is 10.8 Å². The van der Waals surface area contributed by atoms with Crippen LogP contribution in [-0.2, 0) is 11.2 Å². The van der Waals surface area contributed by atoms with Crippen molar-refractivity contribution in [3.05, 3.63) is 94.0 Å². The lowest BCUT2D eigenvalue weighted by Gasteiger charge is -2.10. The van der Waals surface area contributed by atoms with E-state index in [9.17, 15) is 19.7 Å². The Morgan fingerprint density at radius 1 is 0.970 bits per heavy atom. The lowest BCUT2D eigenvalue weighted by atomic mass is 10.1. The quantitative estimate of drug-likeness (QED) is 0.361. The summed E-state index contributed by atoms with van der Waals surface area (Å²) in [6.45, 7) is 0.157. The van der Waals surface area contributed by atoms with Crippen molar-refractivity contribution in [2.75, 3.05) is 25.6 Å². The Bertz CT molecular complexity index is 1120. The van der Waals surface area contributed by atoms with E-state index in [2.05, 4.69) is 10.6 Å². The van der Waals surface area contributed by atoms with E-state index in [1.165, 1.54) is 25.3 Å². The summed E-state index contributed by atoms with van der Waals surface area (Å²) in [7, 11) is 1.39. The molecule has 0 unspecified atom stereocenters. The zero-order valence-corrected chi connectivity index (χ0v) is 17.9. The van der Waals surface area contributed by atoms with Crippen LogP contribution in [0, 0.1) is 10.1 Å². The first-order chi connectivity index (χ1) is 16.0. The number of amides is 2. The monoisotopic (exact) mass is 449 g/mol. The van der Waals surface area contributed by atoms with Gasteiger partial charge in [-0.25, -0.2) is 0 Å². The Hall–Kier alpha value is -4.40. The molecule has 170 valence electrons. The van der Waals surface area contributed by atoms with E-state index in [1.807, 2.05) is 30.3 Å². The first-order valence-corrected chi connectivity index (χ1v) is 10.1. The third kappa shape index (κ3) is 6.79. The van der Waals surface area contributed by atoms with Gasteiger partial charge in [-0.2, -0.15) is 0 Å². The van der Waals surface area contributed by atoms with Crippen molar-refractivity contribution in [2.24, 2.45) is 0 Å². The average Bonchev–Trinajstić information content (AvgIpc) is 2.83. The molecule has 2 N–H and O–H groups in total. The molecule has 0 aliphatic heterocycles. The lowest BCUT2D eigenvalue weighted by molar-refractivity contribution is -0.384. The third-order valence-corrected chi connectivity index (χ3v) is 4.70. The summed E-state index contributed by atoms with van der Waals surface area (Å²) in [5, 5.41) is 16.5. The van der Waals surface area contributed by atoms with Gasteiger partial charge in [0.15, 0.2) is 6.61 Å². The van der Waals surface area contributed by atoms with Gasteiger partial charge in [-0.05, 0) is 48.4 Å². The first kappa shape index (κ1) is 23.3. The summed E-state index contributed by atoms with van der Waals surface area (Å²) in [5.74, 6) is -0.0802. The summed E-state index contributed by atoms with van der Waals surface area (Å²) in [4.78, 5) is 35.0. The van der Waals surface area contributed by atoms with Crippen molar-refractivity contribution in [1.82, 2.24) is 5.32 Å². The largest absolute Gasteiger partial charge is 0.496 e. The standard InChI is InChI=1S/C24H23N3O6/c1-32-20-11-12-21(22(15-20)27(30)31)26-23(28)16-33-19-9-7-18(8-10-19)24(29)25-14-13-17-5-3-2-4-6-17/h2-12,15H,13-14,16H2,1H3,(H,25,29)(H,26,28). The molecule has 3 aromatic carbocycles. The number of methoxy groups -OCH3 is 1.